The Hall–Kier alpha value is -3.19. The largest absolute Gasteiger partial charge is 0.456 e. The molecule has 238 valence electrons. The average molecular weight is 620 g/mol. The molecule has 2 fully saturated rings. The van der Waals surface area contributed by atoms with E-state index in [1.807, 2.05) is 20.8 Å². The van der Waals surface area contributed by atoms with Gasteiger partial charge in [0.1, 0.15) is 5.60 Å². The van der Waals surface area contributed by atoms with E-state index in [0.717, 1.165) is 22.3 Å². The van der Waals surface area contributed by atoms with Gasteiger partial charge in [0.2, 0.25) is 0 Å². The van der Waals surface area contributed by atoms with Gasteiger partial charge in [-0.1, -0.05) is 36.5 Å². The highest BCUT2D eigenvalue weighted by molar-refractivity contribution is 5.93. The summed E-state index contributed by atoms with van der Waals surface area (Å²) in [6.45, 7) is 6.73. The molecule has 0 aromatic heterocycles. The van der Waals surface area contributed by atoms with Crippen molar-refractivity contribution in [1.29, 1.82) is 0 Å². The van der Waals surface area contributed by atoms with E-state index < -0.39 is 53.0 Å². The normalized spacial score (nSPS) is 30.4. The third-order valence-electron chi connectivity index (χ3n) is 10.1. The maximum atomic E-state index is 15.1. The van der Waals surface area contributed by atoms with E-state index in [9.17, 15) is 27.9 Å². The second kappa shape index (κ2) is 11.0. The number of rotatable bonds is 3. The molecule has 0 bridgehead atoms. The van der Waals surface area contributed by atoms with Gasteiger partial charge in [0.25, 0.3) is 0 Å². The lowest BCUT2D eigenvalue weighted by atomic mass is 9.50. The van der Waals surface area contributed by atoms with Crippen molar-refractivity contribution >= 4 is 11.9 Å². The number of ketones is 1. The van der Waals surface area contributed by atoms with Crippen LogP contribution in [0.15, 0.2) is 47.1 Å². The predicted molar refractivity (Wildman–Crippen MR) is 154 cm³/mol. The Morgan fingerprint density at radius 2 is 1.75 bits per heavy atom. The molecule has 4 aliphatic carbocycles. The number of benzene rings is 1. The molecule has 0 unspecified atom stereocenters. The zero-order valence-electron chi connectivity index (χ0n) is 25.3. The van der Waals surface area contributed by atoms with E-state index in [1.54, 1.807) is 30.3 Å². The Labute approximate surface area is 254 Å². The predicted octanol–water partition coefficient (Wildman–Crippen LogP) is 7.39. The zero-order chi connectivity index (χ0) is 32.3. The number of halogens is 5. The fourth-order valence-corrected chi connectivity index (χ4v) is 8.10. The van der Waals surface area contributed by atoms with E-state index in [0.29, 0.717) is 31.2 Å². The van der Waals surface area contributed by atoms with Crippen LogP contribution in [0, 0.1) is 29.1 Å². The number of carbonyl (C=O) groups excluding carboxylic acids is 2. The minimum Gasteiger partial charge on any atom is -0.436 e. The lowest BCUT2D eigenvalue weighted by Crippen LogP contribution is -2.65. The summed E-state index contributed by atoms with van der Waals surface area (Å²) in [7, 11) is 0. The van der Waals surface area contributed by atoms with Gasteiger partial charge < -0.3 is 15.2 Å². The second-order valence-electron chi connectivity index (χ2n) is 13.8. The average Bonchev–Trinajstić information content (AvgIpc) is 3.20. The Morgan fingerprint density at radius 3 is 2.39 bits per heavy atom. The molecule has 0 heterocycles. The molecule has 5 rings (SSSR count). The number of nitrogens with one attached hydrogen (secondary N) is 1. The number of carbonyl (C=O) groups is 2. The molecule has 5 nitrogen and oxygen atoms in total. The summed E-state index contributed by atoms with van der Waals surface area (Å²) in [4.78, 5) is 24.1. The highest BCUT2D eigenvalue weighted by Crippen LogP contribution is 2.70. The number of alkyl carbamates (subject to hydrolysis) is 1. The molecule has 0 spiro atoms. The van der Waals surface area contributed by atoms with Gasteiger partial charge in [0, 0.05) is 28.9 Å². The molecule has 1 aromatic rings. The summed E-state index contributed by atoms with van der Waals surface area (Å²) in [6.07, 6.45) is -3.60. The first kappa shape index (κ1) is 32.2. The third kappa shape index (κ3) is 5.46. The fourth-order valence-electron chi connectivity index (χ4n) is 8.10. The van der Waals surface area contributed by atoms with Gasteiger partial charge in [-0.3, -0.25) is 4.79 Å². The summed E-state index contributed by atoms with van der Waals surface area (Å²) >= 11 is 0. The Morgan fingerprint density at radius 1 is 1.07 bits per heavy atom. The molecule has 10 heteroatoms. The molecular formula is C34H38F5NO4. The van der Waals surface area contributed by atoms with Crippen molar-refractivity contribution in [3.05, 3.63) is 58.2 Å². The summed E-state index contributed by atoms with van der Waals surface area (Å²) in [6, 6.07) is 7.05. The van der Waals surface area contributed by atoms with Gasteiger partial charge in [-0.05, 0) is 106 Å². The Bertz CT molecular complexity index is 1460. The highest BCUT2D eigenvalue weighted by atomic mass is 19.4. The molecule has 0 radical (unpaired) electrons. The van der Waals surface area contributed by atoms with Gasteiger partial charge in [-0.2, -0.15) is 22.0 Å². The first-order chi connectivity index (χ1) is 20.4. The number of hydrogen-bond acceptors (Lipinski definition) is 4. The van der Waals surface area contributed by atoms with Crippen molar-refractivity contribution in [2.45, 2.75) is 102 Å². The summed E-state index contributed by atoms with van der Waals surface area (Å²) in [5.74, 6) is -0.914. The van der Waals surface area contributed by atoms with Gasteiger partial charge in [-0.25, -0.2) is 4.79 Å². The SMILES string of the molecule is CC(C)(C)NC(=O)OCC#Cc1ccc([C@H]2C[C@@]3(C)[C@@H](CC[C@@]3(O)C(F)(F)C(F)(F)F)[C@@H]3CCC4=CC(=O)CCC4=C32)cc1. The highest BCUT2D eigenvalue weighted by Gasteiger charge is 2.79. The van der Waals surface area contributed by atoms with Crippen molar-refractivity contribution < 1.29 is 41.4 Å². The molecule has 0 aliphatic heterocycles. The third-order valence-corrected chi connectivity index (χ3v) is 10.1. The van der Waals surface area contributed by atoms with Gasteiger partial charge in [-0.15, -0.1) is 0 Å². The van der Waals surface area contributed by atoms with Crippen LogP contribution >= 0.6 is 0 Å². The van der Waals surface area contributed by atoms with Crippen LogP contribution in [0.2, 0.25) is 0 Å². The Kier molecular flexibility index (Phi) is 8.06. The van der Waals surface area contributed by atoms with Crippen LogP contribution < -0.4 is 5.32 Å². The first-order valence-corrected chi connectivity index (χ1v) is 15.1. The van der Waals surface area contributed by atoms with Crippen molar-refractivity contribution in [2.24, 2.45) is 17.3 Å². The standard InChI is InChI=1S/C34H38F5NO4/c1-30(2,3)40-29(42)44-17-5-6-20-7-9-21(10-8-20)26-19-31(4)27(15-16-32(31,43)33(35,36)34(37,38)39)25-13-11-22-18-23(41)12-14-24(22)28(25)26/h7-10,18,25-27,43H,11-17,19H2,1-4H3,(H,40,42)/t25-,26+,27-,31-,32-/m0/s1. The van der Waals surface area contributed by atoms with Gasteiger partial charge in [0.05, 0.1) is 0 Å². The van der Waals surface area contributed by atoms with Gasteiger partial charge in [0.15, 0.2) is 12.4 Å². The number of ether oxygens (including phenoxy) is 1. The fraction of sp³-hybridized carbons (Fsp3) is 0.588. The number of amides is 1. The summed E-state index contributed by atoms with van der Waals surface area (Å²) < 4.78 is 76.6. The van der Waals surface area contributed by atoms with Crippen molar-refractivity contribution in [2.75, 3.05) is 6.61 Å². The number of fused-ring (bicyclic) bond motifs is 4. The number of alkyl halides is 5. The van der Waals surface area contributed by atoms with Crippen LogP contribution in [0.5, 0.6) is 0 Å². The number of hydrogen-bond donors (Lipinski definition) is 2. The topological polar surface area (TPSA) is 75.6 Å². The molecule has 4 aliphatic rings. The molecule has 1 aromatic carbocycles. The van der Waals surface area contributed by atoms with Crippen LogP contribution in [-0.2, 0) is 9.53 Å². The molecule has 2 saturated carbocycles. The van der Waals surface area contributed by atoms with Crippen molar-refractivity contribution in [1.82, 2.24) is 5.32 Å². The molecule has 0 saturated heterocycles. The van der Waals surface area contributed by atoms with E-state index in [1.165, 1.54) is 6.92 Å². The summed E-state index contributed by atoms with van der Waals surface area (Å²) in [5, 5.41) is 14.1. The van der Waals surface area contributed by atoms with Crippen LogP contribution in [0.4, 0.5) is 26.7 Å². The molecule has 1 amide bonds. The summed E-state index contributed by atoms with van der Waals surface area (Å²) in [5.41, 5.74) is -1.13. The van der Waals surface area contributed by atoms with E-state index >= 15 is 8.78 Å². The number of allylic oxidation sites excluding steroid dienone is 4. The molecule has 2 N–H and O–H groups in total. The molecule has 5 atom stereocenters. The zero-order valence-corrected chi connectivity index (χ0v) is 25.3. The first-order valence-electron chi connectivity index (χ1n) is 15.1. The maximum Gasteiger partial charge on any atom is 0.456 e. The van der Waals surface area contributed by atoms with Crippen LogP contribution in [0.3, 0.4) is 0 Å². The van der Waals surface area contributed by atoms with Crippen LogP contribution in [0.1, 0.15) is 89.7 Å². The van der Waals surface area contributed by atoms with Crippen molar-refractivity contribution in [3.63, 3.8) is 0 Å². The monoisotopic (exact) mass is 619 g/mol. The lowest BCUT2D eigenvalue weighted by molar-refractivity contribution is -0.362. The lowest BCUT2D eigenvalue weighted by Gasteiger charge is -2.56. The Balaban J connectivity index is 1.49. The molecule has 44 heavy (non-hydrogen) atoms. The second-order valence-corrected chi connectivity index (χ2v) is 13.8. The maximum absolute atomic E-state index is 15.1. The minimum atomic E-state index is -5.89. The van der Waals surface area contributed by atoms with Crippen molar-refractivity contribution in [3.8, 4) is 11.8 Å². The quantitative estimate of drug-likeness (QED) is 0.273. The molecular weight excluding hydrogens is 581 g/mol. The van der Waals surface area contributed by atoms with E-state index in [-0.39, 0.29) is 31.1 Å². The van der Waals surface area contributed by atoms with E-state index in [4.69, 9.17) is 4.74 Å². The van der Waals surface area contributed by atoms with E-state index in [2.05, 4.69) is 17.2 Å². The smallest absolute Gasteiger partial charge is 0.436 e. The van der Waals surface area contributed by atoms with Crippen LogP contribution in [0.25, 0.3) is 0 Å². The van der Waals surface area contributed by atoms with Gasteiger partial charge >= 0.3 is 18.2 Å². The minimum absolute atomic E-state index is 0.0304. The number of aliphatic hydroxyl groups is 1. The van der Waals surface area contributed by atoms with Crippen LogP contribution in [-0.4, -0.2) is 46.8 Å².